The summed E-state index contributed by atoms with van der Waals surface area (Å²) in [5.74, 6) is -2.78. The smallest absolute Gasteiger partial charge is 0.394 e. The van der Waals surface area contributed by atoms with Crippen molar-refractivity contribution in [3.8, 4) is 11.3 Å². The second kappa shape index (κ2) is 12.8. The normalized spacial score (nSPS) is 17.8. The van der Waals surface area contributed by atoms with Crippen LogP contribution in [0.15, 0.2) is 48.9 Å². The van der Waals surface area contributed by atoms with Gasteiger partial charge in [-0.1, -0.05) is 0 Å². The summed E-state index contributed by atoms with van der Waals surface area (Å²) < 4.78 is 82.2. The molecule has 3 atom stereocenters. The molecule has 4 aromatic rings. The number of aromatic nitrogens is 4. The number of nitrogens with zero attached hydrogens (tertiary/aromatic N) is 5. The van der Waals surface area contributed by atoms with Crippen molar-refractivity contribution in [3.05, 3.63) is 71.7 Å². The fourth-order valence-corrected chi connectivity index (χ4v) is 5.19. The number of fused-ring (bicyclic) bond motifs is 1. The Hall–Kier alpha value is -4.52. The van der Waals surface area contributed by atoms with Crippen LogP contribution in [0.25, 0.3) is 16.8 Å². The number of hydrogen-bond acceptors (Lipinski definition) is 9. The van der Waals surface area contributed by atoms with Crippen LogP contribution >= 0.6 is 0 Å². The van der Waals surface area contributed by atoms with Crippen LogP contribution in [0.2, 0.25) is 0 Å². The van der Waals surface area contributed by atoms with Crippen LogP contribution in [0.4, 0.5) is 29.2 Å². The van der Waals surface area contributed by atoms with E-state index < -0.39 is 59.2 Å². The number of imidazole rings is 1. The average Bonchev–Trinajstić information content (AvgIpc) is 3.39. The van der Waals surface area contributed by atoms with Gasteiger partial charge in [-0.25, -0.2) is 23.6 Å². The quantitative estimate of drug-likeness (QED) is 0.163. The molecular formula is C27H25F4N7O6S. The number of ether oxygens (including phenoxy) is 1. The van der Waals surface area contributed by atoms with Crippen LogP contribution in [0.5, 0.6) is 0 Å². The molecule has 1 aromatic carbocycles. The molecule has 1 aliphatic rings. The third kappa shape index (κ3) is 6.77. The number of hydrogen-bond donors (Lipinski definition) is 4. The van der Waals surface area contributed by atoms with E-state index >= 15 is 4.39 Å². The van der Waals surface area contributed by atoms with E-state index in [2.05, 4.69) is 20.3 Å². The molecule has 1 unspecified atom stereocenters. The van der Waals surface area contributed by atoms with Crippen LogP contribution in [0.1, 0.15) is 34.3 Å². The van der Waals surface area contributed by atoms with Crippen LogP contribution in [0, 0.1) is 5.82 Å². The number of nitrogens with two attached hydrogens (primary N) is 1. The highest BCUT2D eigenvalue weighted by molar-refractivity contribution is 7.79. The second-order valence-corrected chi connectivity index (χ2v) is 11.0. The topological polar surface area (TPSA) is 185 Å². The third-order valence-electron chi connectivity index (χ3n) is 7.03. The molecule has 3 aromatic heterocycles. The number of alkyl halides is 3. The van der Waals surface area contributed by atoms with Gasteiger partial charge in [-0.3, -0.25) is 14.0 Å². The second-order valence-electron chi connectivity index (χ2n) is 9.91. The standard InChI is InChI=1S/C27H25F4N7O6S/c28-18-9-14(26(41)35-20-10-15(3-5-33-20)27(29,30)31)1-2-17(18)22-23-24(32)34-6-7-37(23)25(36-22)19-11-38(16(12-39)13-44-19)21(40)4-8-45(42)43/h1-3,5-7,9-10,16,19,39H,4,8,11-13H2,(H2,32,34)(H,42,43)(H,33,35,41)/t16-,19-/m1/s1. The molecule has 0 bridgehead atoms. The molecule has 13 nitrogen and oxygen atoms in total. The third-order valence-corrected chi connectivity index (χ3v) is 7.58. The van der Waals surface area contributed by atoms with Gasteiger partial charge in [-0.2, -0.15) is 13.2 Å². The lowest BCUT2D eigenvalue weighted by atomic mass is 10.1. The molecular weight excluding hydrogens is 626 g/mol. The number of rotatable bonds is 8. The van der Waals surface area contributed by atoms with E-state index in [4.69, 9.17) is 15.0 Å². The molecule has 238 valence electrons. The van der Waals surface area contributed by atoms with Gasteiger partial charge in [0.25, 0.3) is 5.91 Å². The van der Waals surface area contributed by atoms with Gasteiger partial charge in [-0.05, 0) is 30.3 Å². The van der Waals surface area contributed by atoms with Gasteiger partial charge in [0, 0.05) is 36.1 Å². The number of amides is 2. The van der Waals surface area contributed by atoms with Crippen molar-refractivity contribution >= 4 is 40.0 Å². The van der Waals surface area contributed by atoms with Gasteiger partial charge in [0.2, 0.25) is 5.91 Å². The number of benzene rings is 1. The highest BCUT2D eigenvalue weighted by Crippen LogP contribution is 2.35. The summed E-state index contributed by atoms with van der Waals surface area (Å²) in [6.45, 7) is -0.590. The zero-order valence-electron chi connectivity index (χ0n) is 23.1. The summed E-state index contributed by atoms with van der Waals surface area (Å²) in [6.07, 6.45) is -2.02. The summed E-state index contributed by atoms with van der Waals surface area (Å²) in [5, 5.41) is 12.0. The molecule has 5 rings (SSSR count). The molecule has 0 saturated carbocycles. The van der Waals surface area contributed by atoms with Gasteiger partial charge in [-0.15, -0.1) is 0 Å². The molecule has 1 aliphatic heterocycles. The Balaban J connectivity index is 1.45. The van der Waals surface area contributed by atoms with Gasteiger partial charge in [0.15, 0.2) is 11.1 Å². The van der Waals surface area contributed by atoms with Crippen molar-refractivity contribution in [2.24, 2.45) is 0 Å². The maximum atomic E-state index is 15.6. The first-order chi connectivity index (χ1) is 21.4. The summed E-state index contributed by atoms with van der Waals surface area (Å²) >= 11 is -2.19. The highest BCUT2D eigenvalue weighted by Gasteiger charge is 2.36. The van der Waals surface area contributed by atoms with Crippen molar-refractivity contribution in [1.82, 2.24) is 24.3 Å². The van der Waals surface area contributed by atoms with E-state index in [9.17, 15) is 32.1 Å². The first-order valence-corrected chi connectivity index (χ1v) is 14.5. The van der Waals surface area contributed by atoms with Gasteiger partial charge < -0.3 is 30.3 Å². The van der Waals surface area contributed by atoms with Crippen molar-refractivity contribution < 1.29 is 45.8 Å². The number of morpholine rings is 1. The predicted molar refractivity (Wildman–Crippen MR) is 152 cm³/mol. The molecule has 0 spiro atoms. The molecule has 5 N–H and O–H groups in total. The summed E-state index contributed by atoms with van der Waals surface area (Å²) in [5.41, 5.74) is 5.04. The molecule has 0 radical (unpaired) electrons. The minimum Gasteiger partial charge on any atom is -0.394 e. The van der Waals surface area contributed by atoms with Crippen LogP contribution in [-0.2, 0) is 26.8 Å². The molecule has 45 heavy (non-hydrogen) atoms. The lowest BCUT2D eigenvalue weighted by molar-refractivity contribution is -0.148. The predicted octanol–water partition coefficient (Wildman–Crippen LogP) is 2.66. The van der Waals surface area contributed by atoms with Gasteiger partial charge in [0.05, 0.1) is 37.1 Å². The Bertz CT molecular complexity index is 1790. The van der Waals surface area contributed by atoms with Crippen LogP contribution in [-0.4, -0.2) is 81.5 Å². The Morgan fingerprint density at radius 3 is 2.64 bits per heavy atom. The number of nitrogens with one attached hydrogen (secondary N) is 1. The number of halogens is 4. The van der Waals surface area contributed by atoms with Crippen molar-refractivity contribution in [2.75, 3.05) is 36.6 Å². The first-order valence-electron chi connectivity index (χ1n) is 13.2. The maximum absolute atomic E-state index is 15.6. The average molecular weight is 652 g/mol. The zero-order chi connectivity index (χ0) is 32.5. The molecule has 1 saturated heterocycles. The van der Waals surface area contributed by atoms with E-state index in [0.29, 0.717) is 6.07 Å². The first kappa shape index (κ1) is 31.9. The number of aliphatic hydroxyl groups excluding tert-OH is 1. The van der Waals surface area contributed by atoms with Crippen molar-refractivity contribution in [3.63, 3.8) is 0 Å². The fourth-order valence-electron chi connectivity index (χ4n) is 4.84. The summed E-state index contributed by atoms with van der Waals surface area (Å²) in [7, 11) is 0. The van der Waals surface area contributed by atoms with E-state index in [0.717, 1.165) is 18.3 Å². The van der Waals surface area contributed by atoms with E-state index in [1.807, 2.05) is 0 Å². The molecule has 0 aliphatic carbocycles. The Kier molecular flexibility index (Phi) is 9.10. The van der Waals surface area contributed by atoms with E-state index in [-0.39, 0.29) is 65.1 Å². The van der Waals surface area contributed by atoms with Crippen molar-refractivity contribution in [1.29, 1.82) is 0 Å². The maximum Gasteiger partial charge on any atom is 0.416 e. The molecule has 18 heteroatoms. The Morgan fingerprint density at radius 1 is 1.18 bits per heavy atom. The van der Waals surface area contributed by atoms with E-state index in [1.54, 1.807) is 0 Å². The van der Waals surface area contributed by atoms with Gasteiger partial charge >= 0.3 is 6.18 Å². The van der Waals surface area contributed by atoms with Gasteiger partial charge in [0.1, 0.15) is 40.6 Å². The zero-order valence-corrected chi connectivity index (χ0v) is 23.9. The largest absolute Gasteiger partial charge is 0.416 e. The van der Waals surface area contributed by atoms with Crippen LogP contribution < -0.4 is 11.1 Å². The molecule has 4 heterocycles. The lowest BCUT2D eigenvalue weighted by Crippen LogP contribution is -2.51. The number of aliphatic hydroxyl groups is 1. The minimum atomic E-state index is -4.66. The van der Waals surface area contributed by atoms with E-state index in [1.165, 1.54) is 33.8 Å². The van der Waals surface area contributed by atoms with Crippen LogP contribution in [0.3, 0.4) is 0 Å². The van der Waals surface area contributed by atoms with Crippen molar-refractivity contribution in [2.45, 2.75) is 24.7 Å². The molecule has 1 fully saturated rings. The SMILES string of the molecule is Nc1nccn2c([C@H]3CN(C(=O)CCS(=O)O)[C@H](CO)CO3)nc(-c3ccc(C(=O)Nc4cc(C(F)(F)F)ccn4)cc3F)c12. The number of anilines is 2. The number of nitrogen functional groups attached to an aromatic ring is 1. The Morgan fingerprint density at radius 2 is 1.96 bits per heavy atom. The number of carbonyl (C=O) groups is 2. The highest BCUT2D eigenvalue weighted by atomic mass is 32.2. The molecule has 2 amide bonds. The number of carbonyl (C=O) groups excluding carboxylic acids is 2. The Labute approximate surface area is 254 Å². The minimum absolute atomic E-state index is 0.0227. The summed E-state index contributed by atoms with van der Waals surface area (Å²) in [6, 6.07) is 4.05. The number of pyridine rings is 1. The summed E-state index contributed by atoms with van der Waals surface area (Å²) in [4.78, 5) is 39.2. The lowest BCUT2D eigenvalue weighted by Gasteiger charge is -2.38. The monoisotopic (exact) mass is 651 g/mol. The fraction of sp³-hybridized carbons (Fsp3) is 0.296.